The molecule has 2 amide bonds. The Hall–Kier alpha value is -1.34. The van der Waals surface area contributed by atoms with Crippen LogP contribution in [0.2, 0.25) is 0 Å². The molecule has 1 saturated heterocycles. The quantitative estimate of drug-likeness (QED) is 0.627. The summed E-state index contributed by atoms with van der Waals surface area (Å²) in [5.74, 6) is -1.10. The Morgan fingerprint density at radius 1 is 1.56 bits per heavy atom. The maximum atomic E-state index is 11.9. The van der Waals surface area contributed by atoms with Gasteiger partial charge in [0.25, 0.3) is 0 Å². The molecule has 0 bridgehead atoms. The van der Waals surface area contributed by atoms with E-state index in [4.69, 9.17) is 9.84 Å². The molecular formula is C11H20N2O5. The molecule has 0 aromatic heterocycles. The minimum absolute atomic E-state index is 0.0458. The van der Waals surface area contributed by atoms with E-state index in [1.54, 1.807) is 6.92 Å². The Kier molecular flexibility index (Phi) is 5.36. The van der Waals surface area contributed by atoms with Gasteiger partial charge in [-0.05, 0) is 13.8 Å². The Morgan fingerprint density at radius 3 is 2.78 bits per heavy atom. The third kappa shape index (κ3) is 3.85. The number of aliphatic carboxylic acids is 1. The predicted octanol–water partition coefficient (Wildman–Crippen LogP) is -0.359. The van der Waals surface area contributed by atoms with Crippen LogP contribution in [0.3, 0.4) is 0 Å². The number of rotatable bonds is 5. The van der Waals surface area contributed by atoms with E-state index in [0.717, 1.165) is 4.90 Å². The molecule has 0 saturated carbocycles. The predicted molar refractivity (Wildman–Crippen MR) is 63.2 cm³/mol. The number of carboxylic acid groups (broad SMARTS) is 1. The average molecular weight is 260 g/mol. The molecule has 0 aromatic rings. The molecule has 1 fully saturated rings. The van der Waals surface area contributed by atoms with Gasteiger partial charge in [0.05, 0.1) is 18.8 Å². The number of carboxylic acids is 1. The monoisotopic (exact) mass is 260 g/mol. The van der Waals surface area contributed by atoms with Gasteiger partial charge in [0.15, 0.2) is 0 Å². The number of carbonyl (C=O) groups excluding carboxylic acids is 1. The maximum Gasteiger partial charge on any atom is 0.326 e. The fourth-order valence-corrected chi connectivity index (χ4v) is 1.90. The van der Waals surface area contributed by atoms with Crippen molar-refractivity contribution in [3.8, 4) is 0 Å². The normalized spacial score (nSPS) is 24.9. The SMILES string of the molecule is CCOCC(C)NC(=O)N1C[C@H](O)C[C@H]1C(=O)O. The smallest absolute Gasteiger partial charge is 0.326 e. The van der Waals surface area contributed by atoms with E-state index in [1.807, 2.05) is 6.92 Å². The average Bonchev–Trinajstić information content (AvgIpc) is 2.69. The highest BCUT2D eigenvalue weighted by atomic mass is 16.5. The molecule has 7 nitrogen and oxygen atoms in total. The van der Waals surface area contributed by atoms with Crippen LogP contribution in [-0.4, -0.2) is 65.1 Å². The number of hydrogen-bond donors (Lipinski definition) is 3. The van der Waals surface area contributed by atoms with E-state index in [1.165, 1.54) is 0 Å². The third-order valence-electron chi connectivity index (χ3n) is 2.77. The minimum atomic E-state index is -1.10. The highest BCUT2D eigenvalue weighted by molar-refractivity contribution is 5.83. The first-order chi connectivity index (χ1) is 8.45. The number of amides is 2. The topological polar surface area (TPSA) is 99.1 Å². The summed E-state index contributed by atoms with van der Waals surface area (Å²) in [6, 6.07) is -1.64. The number of likely N-dealkylation sites (tertiary alicyclic amines) is 1. The summed E-state index contributed by atoms with van der Waals surface area (Å²) in [5.41, 5.74) is 0. The summed E-state index contributed by atoms with van der Waals surface area (Å²) in [6.45, 7) is 4.60. The van der Waals surface area contributed by atoms with E-state index >= 15 is 0 Å². The van der Waals surface area contributed by atoms with Gasteiger partial charge >= 0.3 is 12.0 Å². The first kappa shape index (κ1) is 14.7. The van der Waals surface area contributed by atoms with Gasteiger partial charge in [0.2, 0.25) is 0 Å². The Bertz CT molecular complexity index is 310. The number of nitrogens with one attached hydrogen (secondary N) is 1. The van der Waals surface area contributed by atoms with Crippen molar-refractivity contribution >= 4 is 12.0 Å². The van der Waals surface area contributed by atoms with Crippen LogP contribution in [0.4, 0.5) is 4.79 Å². The van der Waals surface area contributed by atoms with Gasteiger partial charge < -0.3 is 25.2 Å². The second-order valence-electron chi connectivity index (χ2n) is 4.41. The van der Waals surface area contributed by atoms with Crippen molar-refractivity contribution in [1.29, 1.82) is 0 Å². The lowest BCUT2D eigenvalue weighted by atomic mass is 10.2. The van der Waals surface area contributed by atoms with Crippen LogP contribution in [0.1, 0.15) is 20.3 Å². The number of ether oxygens (including phenoxy) is 1. The molecule has 18 heavy (non-hydrogen) atoms. The molecule has 0 spiro atoms. The highest BCUT2D eigenvalue weighted by Gasteiger charge is 2.39. The number of aliphatic hydroxyl groups is 1. The molecule has 3 N–H and O–H groups in total. The van der Waals surface area contributed by atoms with Crippen molar-refractivity contribution in [2.75, 3.05) is 19.8 Å². The van der Waals surface area contributed by atoms with Crippen molar-refractivity contribution in [2.45, 2.75) is 38.5 Å². The number of nitrogens with zero attached hydrogens (tertiary/aromatic N) is 1. The molecule has 3 atom stereocenters. The van der Waals surface area contributed by atoms with Gasteiger partial charge in [-0.2, -0.15) is 0 Å². The fraction of sp³-hybridized carbons (Fsp3) is 0.818. The van der Waals surface area contributed by atoms with Crippen molar-refractivity contribution in [3.63, 3.8) is 0 Å². The van der Waals surface area contributed by atoms with Crippen molar-refractivity contribution in [1.82, 2.24) is 10.2 Å². The number of aliphatic hydroxyl groups excluding tert-OH is 1. The Morgan fingerprint density at radius 2 is 2.22 bits per heavy atom. The van der Waals surface area contributed by atoms with Gasteiger partial charge in [0.1, 0.15) is 6.04 Å². The summed E-state index contributed by atoms with van der Waals surface area (Å²) in [6.07, 6.45) is -0.707. The minimum Gasteiger partial charge on any atom is -0.480 e. The van der Waals surface area contributed by atoms with Crippen LogP contribution in [-0.2, 0) is 9.53 Å². The first-order valence-electron chi connectivity index (χ1n) is 6.01. The van der Waals surface area contributed by atoms with Crippen LogP contribution in [0.25, 0.3) is 0 Å². The molecule has 1 aliphatic heterocycles. The zero-order valence-corrected chi connectivity index (χ0v) is 10.6. The van der Waals surface area contributed by atoms with E-state index in [0.29, 0.717) is 13.2 Å². The fourth-order valence-electron chi connectivity index (χ4n) is 1.90. The van der Waals surface area contributed by atoms with Gasteiger partial charge in [-0.25, -0.2) is 9.59 Å². The molecule has 1 unspecified atom stereocenters. The van der Waals surface area contributed by atoms with Crippen LogP contribution in [0.15, 0.2) is 0 Å². The molecular weight excluding hydrogens is 240 g/mol. The molecule has 7 heteroatoms. The first-order valence-corrected chi connectivity index (χ1v) is 6.01. The van der Waals surface area contributed by atoms with Gasteiger partial charge in [-0.3, -0.25) is 0 Å². The maximum absolute atomic E-state index is 11.9. The highest BCUT2D eigenvalue weighted by Crippen LogP contribution is 2.18. The molecule has 0 aromatic carbocycles. The number of β-amino-alcohol motifs (C(OH)–C–C–N with tert-alkyl or cyclic N) is 1. The summed E-state index contributed by atoms with van der Waals surface area (Å²) >= 11 is 0. The molecule has 1 aliphatic rings. The van der Waals surface area contributed by atoms with E-state index in [2.05, 4.69) is 5.32 Å². The lowest BCUT2D eigenvalue weighted by Gasteiger charge is -2.24. The van der Waals surface area contributed by atoms with Crippen molar-refractivity contribution in [3.05, 3.63) is 0 Å². The summed E-state index contributed by atoms with van der Waals surface area (Å²) in [5, 5.41) is 21.1. The van der Waals surface area contributed by atoms with Crippen molar-refractivity contribution in [2.24, 2.45) is 0 Å². The molecule has 104 valence electrons. The molecule has 0 aliphatic carbocycles. The van der Waals surface area contributed by atoms with Crippen LogP contribution in [0.5, 0.6) is 0 Å². The largest absolute Gasteiger partial charge is 0.480 e. The Labute approximate surface area is 106 Å². The zero-order valence-electron chi connectivity index (χ0n) is 10.6. The lowest BCUT2D eigenvalue weighted by Crippen LogP contribution is -2.49. The van der Waals surface area contributed by atoms with E-state index in [9.17, 15) is 14.7 Å². The number of urea groups is 1. The second kappa shape index (κ2) is 6.55. The molecule has 1 heterocycles. The molecule has 0 radical (unpaired) electrons. The van der Waals surface area contributed by atoms with E-state index in [-0.39, 0.29) is 19.0 Å². The zero-order chi connectivity index (χ0) is 13.7. The number of carbonyl (C=O) groups is 2. The third-order valence-corrected chi connectivity index (χ3v) is 2.77. The number of hydrogen-bond acceptors (Lipinski definition) is 4. The summed E-state index contributed by atoms with van der Waals surface area (Å²) in [7, 11) is 0. The Balaban J connectivity index is 2.52. The standard InChI is InChI=1S/C11H20N2O5/c1-3-18-6-7(2)12-11(17)13-5-8(14)4-9(13)10(15)16/h7-9,14H,3-6H2,1-2H3,(H,12,17)(H,15,16)/t7?,8-,9+/m1/s1. The summed E-state index contributed by atoms with van der Waals surface area (Å²) in [4.78, 5) is 24.0. The van der Waals surface area contributed by atoms with Gasteiger partial charge in [-0.15, -0.1) is 0 Å². The second-order valence-corrected chi connectivity index (χ2v) is 4.41. The van der Waals surface area contributed by atoms with Gasteiger partial charge in [0, 0.05) is 19.6 Å². The molecule has 1 rings (SSSR count). The lowest BCUT2D eigenvalue weighted by molar-refractivity contribution is -0.141. The van der Waals surface area contributed by atoms with Gasteiger partial charge in [-0.1, -0.05) is 0 Å². The van der Waals surface area contributed by atoms with E-state index < -0.39 is 24.1 Å². The van der Waals surface area contributed by atoms with Crippen LogP contribution >= 0.6 is 0 Å². The van der Waals surface area contributed by atoms with Crippen LogP contribution in [0, 0.1) is 0 Å². The van der Waals surface area contributed by atoms with Crippen molar-refractivity contribution < 1.29 is 24.5 Å². The summed E-state index contributed by atoms with van der Waals surface area (Å²) < 4.78 is 5.16. The van der Waals surface area contributed by atoms with Crippen LogP contribution < -0.4 is 5.32 Å².